The number of H-pyrrole nitrogens is 1. The molecule has 2 aromatic carbocycles. The molecule has 0 amide bonds. The molecule has 0 fully saturated rings. The Bertz CT molecular complexity index is 1310. The number of rotatable bonds is 5. The van der Waals surface area contributed by atoms with Crippen LogP contribution in [0, 0.1) is 13.8 Å². The van der Waals surface area contributed by atoms with Crippen molar-refractivity contribution in [3.63, 3.8) is 0 Å². The Hall–Kier alpha value is -3.03. The van der Waals surface area contributed by atoms with E-state index in [2.05, 4.69) is 19.9 Å². The molecule has 7 nitrogen and oxygen atoms in total. The van der Waals surface area contributed by atoms with E-state index in [0.29, 0.717) is 29.5 Å². The number of hydrogen-bond acceptors (Lipinski definition) is 5. The molecule has 0 unspecified atom stereocenters. The number of hydrogen-bond donors (Lipinski definition) is 1. The van der Waals surface area contributed by atoms with Crippen LogP contribution in [0.15, 0.2) is 46.0 Å². The number of aromatic nitrogens is 4. The van der Waals surface area contributed by atoms with Gasteiger partial charge in [-0.15, -0.1) is 0 Å². The van der Waals surface area contributed by atoms with Crippen LogP contribution in [-0.4, -0.2) is 38.0 Å². The summed E-state index contributed by atoms with van der Waals surface area (Å²) < 4.78 is 1.92. The van der Waals surface area contributed by atoms with Crippen molar-refractivity contribution in [2.45, 2.75) is 26.9 Å². The van der Waals surface area contributed by atoms with Crippen LogP contribution in [-0.2, 0) is 13.1 Å². The van der Waals surface area contributed by atoms with Gasteiger partial charge in [0.2, 0.25) is 0 Å². The molecule has 4 rings (SSSR count). The topological polar surface area (TPSA) is 83.9 Å². The number of aryl methyl sites for hydroxylation is 2. The largest absolute Gasteiger partial charge is 0.349 e. The van der Waals surface area contributed by atoms with Crippen molar-refractivity contribution in [1.82, 2.24) is 24.4 Å². The second kappa shape index (κ2) is 8.01. The first-order valence-electron chi connectivity index (χ1n) is 9.66. The Kier molecular flexibility index (Phi) is 5.40. The zero-order valence-electron chi connectivity index (χ0n) is 17.1. The van der Waals surface area contributed by atoms with E-state index in [1.807, 2.05) is 61.9 Å². The lowest BCUT2D eigenvalue weighted by Gasteiger charge is -2.21. The minimum atomic E-state index is -0.666. The van der Waals surface area contributed by atoms with Crippen molar-refractivity contribution in [2.75, 3.05) is 13.6 Å². The van der Waals surface area contributed by atoms with Gasteiger partial charge in [-0.3, -0.25) is 9.78 Å². The second-order valence-corrected chi connectivity index (χ2v) is 8.03. The van der Waals surface area contributed by atoms with Crippen molar-refractivity contribution < 1.29 is 0 Å². The number of aromatic amines is 1. The third-order valence-electron chi connectivity index (χ3n) is 5.30. The molecule has 0 bridgehead atoms. The molecule has 8 heteroatoms. The van der Waals surface area contributed by atoms with Crippen molar-refractivity contribution in [3.05, 3.63) is 78.9 Å². The van der Waals surface area contributed by atoms with E-state index in [0.717, 1.165) is 28.8 Å². The van der Waals surface area contributed by atoms with E-state index < -0.39 is 11.2 Å². The maximum Gasteiger partial charge on any atom is 0.349 e. The highest BCUT2D eigenvalue weighted by molar-refractivity contribution is 6.30. The Morgan fingerprint density at radius 1 is 1.07 bits per heavy atom. The van der Waals surface area contributed by atoms with Crippen LogP contribution in [0.3, 0.4) is 0 Å². The molecular formula is C22H22ClN5O2. The number of benzene rings is 2. The van der Waals surface area contributed by atoms with Gasteiger partial charge in [0.1, 0.15) is 0 Å². The monoisotopic (exact) mass is 423 g/mol. The van der Waals surface area contributed by atoms with E-state index in [1.165, 1.54) is 0 Å². The molecule has 0 aromatic heterocycles. The van der Waals surface area contributed by atoms with Gasteiger partial charge in [-0.1, -0.05) is 23.7 Å². The maximum absolute atomic E-state index is 12.4. The molecule has 2 aromatic rings. The van der Waals surface area contributed by atoms with Crippen LogP contribution < -0.4 is 11.2 Å². The summed E-state index contributed by atoms with van der Waals surface area (Å²) in [4.78, 5) is 37.2. The lowest BCUT2D eigenvalue weighted by Crippen LogP contribution is -2.30. The summed E-state index contributed by atoms with van der Waals surface area (Å²) in [6.45, 7) is 6.03. The van der Waals surface area contributed by atoms with Gasteiger partial charge in [0.15, 0.2) is 11.5 Å². The van der Waals surface area contributed by atoms with Crippen LogP contribution in [0.2, 0.25) is 5.02 Å². The van der Waals surface area contributed by atoms with Crippen LogP contribution in [0.1, 0.15) is 16.7 Å². The zero-order chi connectivity index (χ0) is 21.4. The summed E-state index contributed by atoms with van der Waals surface area (Å²) in [6.07, 6.45) is 0. The third kappa shape index (κ3) is 3.99. The smallest absolute Gasteiger partial charge is 0.321 e. The minimum Gasteiger partial charge on any atom is -0.321 e. The van der Waals surface area contributed by atoms with Crippen LogP contribution >= 0.6 is 11.6 Å². The van der Waals surface area contributed by atoms with Gasteiger partial charge in [-0.25, -0.2) is 9.78 Å². The SMILES string of the molecule is Cc1cc2nc3c(=O)[nH]c(=O)nc-3n(CCN(C)Cc3ccc(Cl)cc3)c2cc1C. The van der Waals surface area contributed by atoms with Crippen molar-refractivity contribution >= 4 is 22.6 Å². The molecule has 2 aliphatic rings. The third-order valence-corrected chi connectivity index (χ3v) is 5.55. The molecule has 2 heterocycles. The fraction of sp³-hybridized carbons (Fsp3) is 0.273. The summed E-state index contributed by atoms with van der Waals surface area (Å²) in [5.41, 5.74) is 3.89. The Balaban J connectivity index is 1.73. The molecule has 1 N–H and O–H groups in total. The maximum atomic E-state index is 12.4. The Morgan fingerprint density at radius 3 is 2.50 bits per heavy atom. The zero-order valence-corrected chi connectivity index (χ0v) is 17.8. The molecule has 0 saturated heterocycles. The van der Waals surface area contributed by atoms with Crippen LogP contribution in [0.5, 0.6) is 0 Å². The fourth-order valence-electron chi connectivity index (χ4n) is 3.53. The van der Waals surface area contributed by atoms with Crippen LogP contribution in [0.25, 0.3) is 22.6 Å². The molecule has 30 heavy (non-hydrogen) atoms. The van der Waals surface area contributed by atoms with E-state index in [1.54, 1.807) is 0 Å². The Labute approximate surface area is 178 Å². The number of halogens is 1. The van der Waals surface area contributed by atoms with Gasteiger partial charge < -0.3 is 9.47 Å². The number of nitrogens with one attached hydrogen (secondary N) is 1. The summed E-state index contributed by atoms with van der Waals surface area (Å²) in [6, 6.07) is 11.7. The van der Waals surface area contributed by atoms with E-state index in [4.69, 9.17) is 11.6 Å². The molecule has 0 atom stereocenters. The summed E-state index contributed by atoms with van der Waals surface area (Å²) >= 11 is 5.97. The first kappa shape index (κ1) is 20.3. The highest BCUT2D eigenvalue weighted by Gasteiger charge is 2.19. The van der Waals surface area contributed by atoms with E-state index in [9.17, 15) is 9.59 Å². The summed E-state index contributed by atoms with van der Waals surface area (Å²) in [5.74, 6) is 0.305. The molecular weight excluding hydrogens is 402 g/mol. The molecule has 0 aliphatic carbocycles. The fourth-order valence-corrected chi connectivity index (χ4v) is 3.65. The van der Waals surface area contributed by atoms with Gasteiger partial charge >= 0.3 is 5.69 Å². The van der Waals surface area contributed by atoms with Gasteiger partial charge in [0, 0.05) is 24.7 Å². The Morgan fingerprint density at radius 2 is 1.77 bits per heavy atom. The number of fused-ring (bicyclic) bond motifs is 2. The quantitative estimate of drug-likeness (QED) is 0.499. The second-order valence-electron chi connectivity index (χ2n) is 7.60. The first-order chi connectivity index (χ1) is 14.3. The average molecular weight is 424 g/mol. The van der Waals surface area contributed by atoms with Crippen molar-refractivity contribution in [2.24, 2.45) is 0 Å². The van der Waals surface area contributed by atoms with E-state index in [-0.39, 0.29) is 5.69 Å². The predicted octanol–water partition coefficient (Wildman–Crippen LogP) is 2.99. The predicted molar refractivity (Wildman–Crippen MR) is 118 cm³/mol. The summed E-state index contributed by atoms with van der Waals surface area (Å²) in [5, 5.41) is 0.710. The highest BCUT2D eigenvalue weighted by atomic mass is 35.5. The average Bonchev–Trinajstić information content (AvgIpc) is 2.69. The van der Waals surface area contributed by atoms with Gasteiger partial charge in [-0.05, 0) is 61.9 Å². The standard InChI is InChI=1S/C22H22ClN5O2/c1-13-10-17-18(11-14(13)2)28(20-19(24-17)21(29)26-22(30)25-20)9-8-27(3)12-15-4-6-16(23)7-5-15/h4-7,10-11H,8-9,12H2,1-3H3,(H,26,29,30). The molecule has 0 saturated carbocycles. The normalized spacial score (nSPS) is 11.6. The van der Waals surface area contributed by atoms with Crippen LogP contribution in [0.4, 0.5) is 0 Å². The molecule has 0 radical (unpaired) electrons. The minimum absolute atomic E-state index is 0.172. The molecule has 2 aliphatic heterocycles. The lowest BCUT2D eigenvalue weighted by atomic mass is 10.1. The van der Waals surface area contributed by atoms with Gasteiger partial charge in [0.05, 0.1) is 11.0 Å². The lowest BCUT2D eigenvalue weighted by molar-refractivity contribution is 0.313. The molecule has 154 valence electrons. The van der Waals surface area contributed by atoms with Crippen molar-refractivity contribution in [3.8, 4) is 11.5 Å². The number of likely N-dealkylation sites (N-methyl/N-ethyl adjacent to an activating group) is 1. The van der Waals surface area contributed by atoms with E-state index >= 15 is 0 Å². The molecule has 0 spiro atoms. The summed E-state index contributed by atoms with van der Waals surface area (Å²) in [7, 11) is 2.02. The first-order valence-corrected chi connectivity index (χ1v) is 10.0. The van der Waals surface area contributed by atoms with Crippen molar-refractivity contribution in [1.29, 1.82) is 0 Å². The van der Waals surface area contributed by atoms with Gasteiger partial charge in [0.25, 0.3) is 5.56 Å². The number of nitrogens with zero attached hydrogens (tertiary/aromatic N) is 4. The van der Waals surface area contributed by atoms with Gasteiger partial charge in [-0.2, -0.15) is 4.98 Å². The highest BCUT2D eigenvalue weighted by Crippen LogP contribution is 2.23.